The average molecular weight is 689 g/mol. The molecule has 0 aromatic heterocycles. The van der Waals surface area contributed by atoms with Crippen molar-refractivity contribution in [2.24, 2.45) is 0 Å². The van der Waals surface area contributed by atoms with E-state index in [1.165, 1.54) is 0 Å². The predicted octanol–water partition coefficient (Wildman–Crippen LogP) is 7.00. The van der Waals surface area contributed by atoms with E-state index in [1.54, 1.807) is 18.2 Å². The number of carbonyl (C=O) groups is 1. The van der Waals surface area contributed by atoms with Gasteiger partial charge in [0, 0.05) is 22.2 Å². The third kappa shape index (κ3) is 6.85. The second-order valence-corrected chi connectivity index (χ2v) is 9.84. The van der Waals surface area contributed by atoms with Crippen LogP contribution in [-0.4, -0.2) is 5.91 Å². The first-order chi connectivity index (χ1) is 15.4. The summed E-state index contributed by atoms with van der Waals surface area (Å²) in [5.74, 6) is 0.292. The first-order valence-electron chi connectivity index (χ1n) is 9.37. The minimum atomic E-state index is -0.418. The fraction of sp³-hybridized carbons (Fsp3) is 0.0833. The van der Waals surface area contributed by atoms with Gasteiger partial charge in [-0.25, -0.2) is 0 Å². The minimum absolute atomic E-state index is 0.0362. The van der Waals surface area contributed by atoms with Gasteiger partial charge in [0.05, 0.1) is 7.14 Å². The molecule has 0 spiro atoms. The number of rotatable bonds is 7. The molecule has 0 saturated carbocycles. The molecule has 0 bridgehead atoms. The van der Waals surface area contributed by atoms with E-state index in [-0.39, 0.29) is 5.57 Å². The zero-order valence-electron chi connectivity index (χ0n) is 16.5. The smallest absolute Gasteiger partial charge is 0.262 e. The number of carbonyl (C=O) groups excluding carboxylic acids is 1. The van der Waals surface area contributed by atoms with Crippen molar-refractivity contribution in [1.29, 1.82) is 5.26 Å². The summed E-state index contributed by atoms with van der Waals surface area (Å²) in [6.45, 7) is 0.649. The standard InChI is InChI=1S/C24H16Cl2I2N2O2/c25-19-7-6-17(20(26)11-19)14-32-23-21(27)9-16(10-22(23)28)8-18(12-29)24(31)30-13-15-4-2-1-3-5-15/h1-11H,13-14H2,(H,30,31)/b18-8-. The predicted molar refractivity (Wildman–Crippen MR) is 145 cm³/mol. The van der Waals surface area contributed by atoms with Gasteiger partial charge in [-0.05, 0) is 86.7 Å². The van der Waals surface area contributed by atoms with E-state index in [0.717, 1.165) is 23.8 Å². The second kappa shape index (κ2) is 11.9. The molecule has 1 amide bonds. The summed E-state index contributed by atoms with van der Waals surface area (Å²) >= 11 is 16.5. The second-order valence-electron chi connectivity index (χ2n) is 6.68. The highest BCUT2D eigenvalue weighted by atomic mass is 127. The molecule has 0 fully saturated rings. The van der Waals surface area contributed by atoms with Crippen molar-refractivity contribution in [2.75, 3.05) is 0 Å². The summed E-state index contributed by atoms with van der Waals surface area (Å²) in [6.07, 6.45) is 1.57. The van der Waals surface area contributed by atoms with Crippen LogP contribution in [0.25, 0.3) is 6.08 Å². The van der Waals surface area contributed by atoms with Gasteiger partial charge in [0.15, 0.2) is 0 Å². The Morgan fingerprint density at radius 3 is 2.38 bits per heavy atom. The molecule has 0 saturated heterocycles. The van der Waals surface area contributed by atoms with E-state index >= 15 is 0 Å². The van der Waals surface area contributed by atoms with Gasteiger partial charge in [-0.2, -0.15) is 5.26 Å². The van der Waals surface area contributed by atoms with E-state index < -0.39 is 5.91 Å². The van der Waals surface area contributed by atoms with E-state index in [0.29, 0.717) is 28.9 Å². The molecular weight excluding hydrogens is 673 g/mol. The van der Waals surface area contributed by atoms with Crippen LogP contribution in [0.2, 0.25) is 10.0 Å². The van der Waals surface area contributed by atoms with Crippen LogP contribution in [-0.2, 0) is 17.9 Å². The third-order valence-electron chi connectivity index (χ3n) is 4.38. The van der Waals surface area contributed by atoms with Gasteiger partial charge in [0.25, 0.3) is 5.91 Å². The lowest BCUT2D eigenvalue weighted by Gasteiger charge is -2.13. The number of nitrogens with zero attached hydrogens (tertiary/aromatic N) is 1. The number of benzene rings is 3. The highest BCUT2D eigenvalue weighted by Crippen LogP contribution is 2.31. The fourth-order valence-corrected chi connectivity index (χ4v) is 5.37. The Morgan fingerprint density at radius 2 is 1.75 bits per heavy atom. The van der Waals surface area contributed by atoms with Crippen LogP contribution in [0.4, 0.5) is 0 Å². The van der Waals surface area contributed by atoms with Crippen molar-refractivity contribution in [2.45, 2.75) is 13.2 Å². The number of nitriles is 1. The Labute approximate surface area is 223 Å². The Kier molecular flexibility index (Phi) is 9.22. The SMILES string of the molecule is N#C/C(=C/c1cc(I)c(OCc2ccc(Cl)cc2Cl)c(I)c1)C(=O)NCc1ccccc1. The van der Waals surface area contributed by atoms with Crippen molar-refractivity contribution < 1.29 is 9.53 Å². The van der Waals surface area contributed by atoms with E-state index in [2.05, 4.69) is 50.5 Å². The zero-order chi connectivity index (χ0) is 23.1. The van der Waals surface area contributed by atoms with Gasteiger partial charge in [-0.3, -0.25) is 4.79 Å². The lowest BCUT2D eigenvalue weighted by atomic mass is 10.1. The molecule has 3 aromatic rings. The molecule has 32 heavy (non-hydrogen) atoms. The van der Waals surface area contributed by atoms with Gasteiger partial charge in [0.1, 0.15) is 24.0 Å². The molecule has 0 aliphatic rings. The van der Waals surface area contributed by atoms with Crippen molar-refractivity contribution in [1.82, 2.24) is 5.32 Å². The molecule has 1 N–H and O–H groups in total. The number of halogens is 4. The monoisotopic (exact) mass is 688 g/mol. The van der Waals surface area contributed by atoms with Gasteiger partial charge in [-0.15, -0.1) is 0 Å². The molecule has 3 aromatic carbocycles. The van der Waals surface area contributed by atoms with Gasteiger partial charge in [-0.1, -0.05) is 59.6 Å². The average Bonchev–Trinajstić information content (AvgIpc) is 2.77. The van der Waals surface area contributed by atoms with Crippen LogP contribution in [0.5, 0.6) is 5.75 Å². The summed E-state index contributed by atoms with van der Waals surface area (Å²) in [4.78, 5) is 12.5. The molecule has 0 atom stereocenters. The molecule has 8 heteroatoms. The maximum absolute atomic E-state index is 12.5. The first-order valence-corrected chi connectivity index (χ1v) is 12.3. The molecule has 0 aliphatic heterocycles. The zero-order valence-corrected chi connectivity index (χ0v) is 22.4. The van der Waals surface area contributed by atoms with Crippen LogP contribution in [0.15, 0.2) is 66.2 Å². The van der Waals surface area contributed by atoms with Crippen LogP contribution >= 0.6 is 68.4 Å². The number of hydrogen-bond acceptors (Lipinski definition) is 3. The fourth-order valence-electron chi connectivity index (χ4n) is 2.78. The largest absolute Gasteiger partial charge is 0.487 e. The van der Waals surface area contributed by atoms with Crippen LogP contribution < -0.4 is 10.1 Å². The topological polar surface area (TPSA) is 62.1 Å². The highest BCUT2D eigenvalue weighted by molar-refractivity contribution is 14.1. The lowest BCUT2D eigenvalue weighted by Crippen LogP contribution is -2.23. The third-order valence-corrected chi connectivity index (χ3v) is 6.57. The first kappa shape index (κ1) is 24.8. The van der Waals surface area contributed by atoms with Crippen LogP contribution in [0.1, 0.15) is 16.7 Å². The van der Waals surface area contributed by atoms with E-state index in [9.17, 15) is 10.1 Å². The maximum atomic E-state index is 12.5. The van der Waals surface area contributed by atoms with E-state index in [4.69, 9.17) is 27.9 Å². The van der Waals surface area contributed by atoms with Crippen LogP contribution in [0, 0.1) is 18.5 Å². The quantitative estimate of drug-likeness (QED) is 0.165. The molecule has 3 rings (SSSR count). The maximum Gasteiger partial charge on any atom is 0.262 e. The Hall–Kier alpha value is -1.80. The van der Waals surface area contributed by atoms with Gasteiger partial charge in [0.2, 0.25) is 0 Å². The lowest BCUT2D eigenvalue weighted by molar-refractivity contribution is -0.117. The summed E-state index contributed by atoms with van der Waals surface area (Å²) in [5.41, 5.74) is 2.56. The minimum Gasteiger partial charge on any atom is -0.487 e. The summed E-state index contributed by atoms with van der Waals surface area (Å²) in [6, 6.07) is 20.5. The number of nitrogens with one attached hydrogen (secondary N) is 1. The summed E-state index contributed by atoms with van der Waals surface area (Å²) in [5, 5.41) is 13.4. The van der Waals surface area contributed by atoms with Crippen LogP contribution in [0.3, 0.4) is 0 Å². The molecule has 0 aliphatic carbocycles. The number of ether oxygens (including phenoxy) is 1. The Bertz CT molecular complexity index is 1190. The highest BCUT2D eigenvalue weighted by Gasteiger charge is 2.13. The Morgan fingerprint density at radius 1 is 1.06 bits per heavy atom. The number of amides is 1. The molecule has 0 unspecified atom stereocenters. The van der Waals surface area contributed by atoms with Crippen molar-refractivity contribution in [3.05, 3.63) is 100 Å². The van der Waals surface area contributed by atoms with Crippen molar-refractivity contribution in [3.63, 3.8) is 0 Å². The van der Waals surface area contributed by atoms with Gasteiger partial charge >= 0.3 is 0 Å². The molecule has 0 heterocycles. The molecule has 0 radical (unpaired) electrons. The van der Waals surface area contributed by atoms with E-state index in [1.807, 2.05) is 54.6 Å². The Balaban J connectivity index is 1.72. The van der Waals surface area contributed by atoms with Crippen molar-refractivity contribution in [3.8, 4) is 11.8 Å². The molecule has 162 valence electrons. The number of hydrogen-bond donors (Lipinski definition) is 1. The molecule has 4 nitrogen and oxygen atoms in total. The van der Waals surface area contributed by atoms with Crippen molar-refractivity contribution >= 4 is 80.4 Å². The van der Waals surface area contributed by atoms with Gasteiger partial charge < -0.3 is 10.1 Å². The summed E-state index contributed by atoms with van der Waals surface area (Å²) in [7, 11) is 0. The summed E-state index contributed by atoms with van der Waals surface area (Å²) < 4.78 is 7.70. The molecular formula is C24H16Cl2I2N2O2. The normalized spacial score (nSPS) is 11.0.